The van der Waals surface area contributed by atoms with Crippen molar-refractivity contribution in [1.82, 2.24) is 5.32 Å². The zero-order valence-electron chi connectivity index (χ0n) is 21.2. The zero-order valence-corrected chi connectivity index (χ0v) is 22.1. The van der Waals surface area contributed by atoms with E-state index < -0.39 is 21.5 Å². The topological polar surface area (TPSA) is 84.9 Å². The van der Waals surface area contributed by atoms with Crippen molar-refractivity contribution >= 4 is 21.6 Å². The highest BCUT2D eigenvalue weighted by atomic mass is 32.2. The van der Waals surface area contributed by atoms with Crippen LogP contribution >= 0.6 is 0 Å². The van der Waals surface area contributed by atoms with Gasteiger partial charge in [-0.3, -0.25) is 9.10 Å². The average molecular weight is 509 g/mol. The number of anilines is 1. The Morgan fingerprint density at radius 1 is 1.03 bits per heavy atom. The largest absolute Gasteiger partial charge is 0.497 e. The van der Waals surface area contributed by atoms with Gasteiger partial charge in [0.15, 0.2) is 0 Å². The van der Waals surface area contributed by atoms with Crippen LogP contribution in [-0.2, 0) is 14.8 Å². The number of amides is 1. The van der Waals surface area contributed by atoms with E-state index in [4.69, 9.17) is 9.47 Å². The summed E-state index contributed by atoms with van der Waals surface area (Å²) in [4.78, 5) is 13.5. The van der Waals surface area contributed by atoms with Crippen LogP contribution in [0.3, 0.4) is 0 Å². The predicted octanol–water partition coefficient (Wildman–Crippen LogP) is 4.93. The van der Waals surface area contributed by atoms with Gasteiger partial charge in [-0.15, -0.1) is 0 Å². The molecule has 0 aromatic heterocycles. The lowest BCUT2D eigenvalue weighted by molar-refractivity contribution is -0.120. The average Bonchev–Trinajstić information content (AvgIpc) is 2.82. The summed E-state index contributed by atoms with van der Waals surface area (Å²) in [5.41, 5.74) is 2.65. The van der Waals surface area contributed by atoms with Crippen molar-refractivity contribution in [2.75, 3.05) is 18.0 Å². The molecule has 1 heterocycles. The lowest BCUT2D eigenvalue weighted by Crippen LogP contribution is -2.45. The van der Waals surface area contributed by atoms with Crippen molar-refractivity contribution in [2.24, 2.45) is 0 Å². The van der Waals surface area contributed by atoms with Gasteiger partial charge in [0, 0.05) is 12.0 Å². The molecule has 1 aliphatic rings. The number of sulfonamides is 1. The minimum Gasteiger partial charge on any atom is -0.497 e. The molecule has 3 aromatic carbocycles. The van der Waals surface area contributed by atoms with Crippen LogP contribution < -0.4 is 19.1 Å². The molecule has 0 radical (unpaired) electrons. The number of ether oxygens (including phenoxy) is 2. The third-order valence-corrected chi connectivity index (χ3v) is 8.02. The molecule has 1 N–H and O–H groups in total. The van der Waals surface area contributed by atoms with Crippen molar-refractivity contribution in [3.63, 3.8) is 0 Å². The Kier molecular flexibility index (Phi) is 7.00. The van der Waals surface area contributed by atoms with Crippen molar-refractivity contribution in [3.8, 4) is 11.5 Å². The summed E-state index contributed by atoms with van der Waals surface area (Å²) in [6.07, 6.45) is 0.522. The highest BCUT2D eigenvalue weighted by Crippen LogP contribution is 2.41. The lowest BCUT2D eigenvalue weighted by atomic mass is 9.89. The molecule has 36 heavy (non-hydrogen) atoms. The van der Waals surface area contributed by atoms with Gasteiger partial charge in [0.2, 0.25) is 5.91 Å². The first-order valence-corrected chi connectivity index (χ1v) is 13.2. The fraction of sp³-hybridized carbons (Fsp3) is 0.321. The van der Waals surface area contributed by atoms with Crippen molar-refractivity contribution < 1.29 is 22.7 Å². The number of carbonyl (C=O) groups excluding carboxylic acids is 1. The molecular formula is C28H32N2O5S. The van der Waals surface area contributed by atoms with Crippen molar-refractivity contribution in [2.45, 2.75) is 50.7 Å². The van der Waals surface area contributed by atoms with Gasteiger partial charge in [-0.1, -0.05) is 35.4 Å². The first-order valence-electron chi connectivity index (χ1n) is 11.8. The molecule has 7 nitrogen and oxygen atoms in total. The van der Waals surface area contributed by atoms with Crippen LogP contribution in [0, 0.1) is 13.8 Å². The van der Waals surface area contributed by atoms with Gasteiger partial charge in [0.05, 0.1) is 23.7 Å². The second-order valence-electron chi connectivity index (χ2n) is 9.75. The molecule has 0 fully saturated rings. The summed E-state index contributed by atoms with van der Waals surface area (Å²) in [7, 11) is -2.40. The van der Waals surface area contributed by atoms with Crippen molar-refractivity contribution in [3.05, 3.63) is 83.4 Å². The fourth-order valence-electron chi connectivity index (χ4n) is 4.32. The summed E-state index contributed by atoms with van der Waals surface area (Å²) in [6, 6.07) is 18.8. The van der Waals surface area contributed by atoms with Gasteiger partial charge in [-0.25, -0.2) is 8.42 Å². The Hall–Kier alpha value is -3.52. The number of hydrogen-bond donors (Lipinski definition) is 1. The smallest absolute Gasteiger partial charge is 0.264 e. The SMILES string of the molecule is COc1ccc2c(c1)C(NC(=O)CN(c1ccc(C)cc1)S(=O)(=O)c1ccc(C)cc1)CC(C)(C)O2. The van der Waals surface area contributed by atoms with Crippen LogP contribution in [0.2, 0.25) is 0 Å². The lowest BCUT2D eigenvalue weighted by Gasteiger charge is -2.38. The molecule has 190 valence electrons. The molecule has 1 aliphatic heterocycles. The number of benzene rings is 3. The first-order chi connectivity index (χ1) is 17.0. The maximum Gasteiger partial charge on any atom is 0.264 e. The van der Waals surface area contributed by atoms with Crippen LogP contribution in [0.5, 0.6) is 11.5 Å². The standard InChI is InChI=1S/C28H32N2O5S/c1-19-6-10-21(11-7-19)30(36(32,33)23-13-8-20(2)9-14-23)18-27(31)29-25-17-28(3,4)35-26-15-12-22(34-5)16-24(25)26/h6-16,25H,17-18H2,1-5H3,(H,29,31). The van der Waals surface area contributed by atoms with E-state index in [1.54, 1.807) is 43.5 Å². The number of carbonyl (C=O) groups is 1. The highest BCUT2D eigenvalue weighted by molar-refractivity contribution is 7.92. The number of fused-ring (bicyclic) bond motifs is 1. The Morgan fingerprint density at radius 2 is 1.64 bits per heavy atom. The number of hydrogen-bond acceptors (Lipinski definition) is 5. The molecule has 4 rings (SSSR count). The molecule has 1 atom stereocenters. The minimum absolute atomic E-state index is 0.128. The molecule has 0 saturated heterocycles. The molecule has 8 heteroatoms. The van der Waals surface area contributed by atoms with Gasteiger partial charge >= 0.3 is 0 Å². The normalized spacial score (nSPS) is 16.4. The third-order valence-electron chi connectivity index (χ3n) is 6.23. The number of rotatable bonds is 7. The molecule has 0 bridgehead atoms. The van der Waals surface area contributed by atoms with Crippen LogP contribution in [0.15, 0.2) is 71.6 Å². The van der Waals surface area contributed by atoms with E-state index in [9.17, 15) is 13.2 Å². The second kappa shape index (κ2) is 9.85. The predicted molar refractivity (Wildman–Crippen MR) is 140 cm³/mol. The van der Waals surface area contributed by atoms with Gasteiger partial charge in [-0.2, -0.15) is 0 Å². The minimum atomic E-state index is -3.99. The highest BCUT2D eigenvalue weighted by Gasteiger charge is 2.36. The summed E-state index contributed by atoms with van der Waals surface area (Å²) in [5, 5.41) is 3.05. The molecular weight excluding hydrogens is 476 g/mol. The Morgan fingerprint density at radius 3 is 2.25 bits per heavy atom. The van der Waals surface area contributed by atoms with Crippen LogP contribution in [-0.4, -0.2) is 33.6 Å². The van der Waals surface area contributed by atoms with Gasteiger partial charge in [0.1, 0.15) is 23.6 Å². The maximum atomic E-state index is 13.7. The van der Waals surface area contributed by atoms with E-state index in [1.165, 1.54) is 0 Å². The molecule has 0 aliphatic carbocycles. The van der Waals surface area contributed by atoms with Gasteiger partial charge < -0.3 is 14.8 Å². The number of aryl methyl sites for hydroxylation is 2. The quantitative estimate of drug-likeness (QED) is 0.489. The van der Waals surface area contributed by atoms with E-state index in [1.807, 2.05) is 58.0 Å². The second-order valence-corrected chi connectivity index (χ2v) is 11.6. The van der Waals surface area contributed by atoms with Gasteiger partial charge in [0.25, 0.3) is 10.0 Å². The van der Waals surface area contributed by atoms with E-state index >= 15 is 0 Å². The molecule has 0 saturated carbocycles. The Balaban J connectivity index is 1.65. The molecule has 1 unspecified atom stereocenters. The fourth-order valence-corrected chi connectivity index (χ4v) is 5.74. The first kappa shape index (κ1) is 25.6. The van der Waals surface area contributed by atoms with E-state index in [0.29, 0.717) is 23.6 Å². The monoisotopic (exact) mass is 508 g/mol. The molecule has 0 spiro atoms. The summed E-state index contributed by atoms with van der Waals surface area (Å²) in [6.45, 7) is 7.37. The van der Waals surface area contributed by atoms with E-state index in [0.717, 1.165) is 21.0 Å². The molecule has 1 amide bonds. The third kappa shape index (κ3) is 5.49. The maximum absolute atomic E-state index is 13.7. The van der Waals surface area contributed by atoms with Crippen molar-refractivity contribution in [1.29, 1.82) is 0 Å². The number of methoxy groups -OCH3 is 1. The summed E-state index contributed by atoms with van der Waals surface area (Å²) in [5.74, 6) is 0.905. The zero-order chi connectivity index (χ0) is 26.1. The van der Waals surface area contributed by atoms with Crippen LogP contribution in [0.25, 0.3) is 0 Å². The number of nitrogens with zero attached hydrogens (tertiary/aromatic N) is 1. The Bertz CT molecular complexity index is 1350. The summed E-state index contributed by atoms with van der Waals surface area (Å²) < 4.78 is 39.9. The molecule has 3 aromatic rings. The van der Waals surface area contributed by atoms with E-state index in [2.05, 4.69) is 5.32 Å². The summed E-state index contributed by atoms with van der Waals surface area (Å²) >= 11 is 0. The van der Waals surface area contributed by atoms with E-state index in [-0.39, 0.29) is 17.5 Å². The Labute approximate surface area is 213 Å². The number of nitrogens with one attached hydrogen (secondary N) is 1. The van der Waals surface area contributed by atoms with Crippen LogP contribution in [0.1, 0.15) is 43.0 Å². The van der Waals surface area contributed by atoms with Gasteiger partial charge in [-0.05, 0) is 70.2 Å². The van der Waals surface area contributed by atoms with Crippen LogP contribution in [0.4, 0.5) is 5.69 Å².